The van der Waals surface area contributed by atoms with Crippen molar-refractivity contribution in [3.8, 4) is 11.5 Å². The van der Waals surface area contributed by atoms with Crippen LogP contribution >= 0.6 is 11.8 Å². The third-order valence-electron chi connectivity index (χ3n) is 3.78. The Hall–Kier alpha value is -1.94. The molecule has 7 nitrogen and oxygen atoms in total. The van der Waals surface area contributed by atoms with Crippen LogP contribution < -0.4 is 5.32 Å². The summed E-state index contributed by atoms with van der Waals surface area (Å²) < 4.78 is 42.1. The molecule has 0 radical (unpaired) electrons. The van der Waals surface area contributed by atoms with Crippen LogP contribution in [-0.4, -0.2) is 47.3 Å². The first-order chi connectivity index (χ1) is 11.8. The van der Waals surface area contributed by atoms with E-state index in [4.69, 9.17) is 4.42 Å². The number of carbonyl (C=O) groups excluding carboxylic acids is 1. The van der Waals surface area contributed by atoms with Crippen LogP contribution in [0.15, 0.2) is 33.9 Å². The Morgan fingerprint density at radius 3 is 2.84 bits per heavy atom. The fourth-order valence-electron chi connectivity index (χ4n) is 2.62. The maximum atomic E-state index is 13.7. The Kier molecular flexibility index (Phi) is 4.83. The van der Waals surface area contributed by atoms with Gasteiger partial charge in [-0.15, -0.1) is 10.2 Å². The van der Waals surface area contributed by atoms with E-state index in [0.29, 0.717) is 6.42 Å². The molecule has 1 amide bonds. The van der Waals surface area contributed by atoms with Gasteiger partial charge in [0.2, 0.25) is 5.91 Å². The second-order valence-electron chi connectivity index (χ2n) is 6.09. The van der Waals surface area contributed by atoms with Crippen molar-refractivity contribution in [3.63, 3.8) is 0 Å². The number of nitrogens with zero attached hydrogens (tertiary/aromatic N) is 2. The fourth-order valence-corrected chi connectivity index (χ4v) is 5.28. The van der Waals surface area contributed by atoms with Crippen LogP contribution in [-0.2, 0) is 14.6 Å². The smallest absolute Gasteiger partial charge is 0.277 e. The molecule has 1 atom stereocenters. The molecule has 10 heteroatoms. The Bertz CT molecular complexity index is 900. The van der Waals surface area contributed by atoms with Gasteiger partial charge in [-0.1, -0.05) is 23.9 Å². The summed E-state index contributed by atoms with van der Waals surface area (Å²) in [6.45, 7) is 1.71. The van der Waals surface area contributed by atoms with Crippen LogP contribution in [0.1, 0.15) is 13.3 Å². The zero-order chi connectivity index (χ0) is 18.1. The zero-order valence-electron chi connectivity index (χ0n) is 13.4. The van der Waals surface area contributed by atoms with Crippen molar-refractivity contribution < 1.29 is 22.0 Å². The number of thioether (sulfide) groups is 1. The lowest BCUT2D eigenvalue weighted by Crippen LogP contribution is -2.47. The molecule has 25 heavy (non-hydrogen) atoms. The zero-order valence-corrected chi connectivity index (χ0v) is 15.0. The molecule has 0 bridgehead atoms. The van der Waals surface area contributed by atoms with Crippen LogP contribution in [0.4, 0.5) is 4.39 Å². The van der Waals surface area contributed by atoms with Gasteiger partial charge in [-0.25, -0.2) is 12.8 Å². The Morgan fingerprint density at radius 2 is 2.16 bits per heavy atom. The molecule has 3 rings (SSSR count). The van der Waals surface area contributed by atoms with Crippen LogP contribution in [0.25, 0.3) is 11.5 Å². The van der Waals surface area contributed by atoms with E-state index in [1.807, 2.05) is 0 Å². The minimum Gasteiger partial charge on any atom is -0.411 e. The monoisotopic (exact) mass is 385 g/mol. The highest BCUT2D eigenvalue weighted by Gasteiger charge is 2.39. The van der Waals surface area contributed by atoms with E-state index >= 15 is 0 Å². The van der Waals surface area contributed by atoms with Crippen molar-refractivity contribution in [1.82, 2.24) is 15.5 Å². The average molecular weight is 385 g/mol. The molecule has 0 spiro atoms. The first-order valence-electron chi connectivity index (χ1n) is 7.49. The van der Waals surface area contributed by atoms with Crippen molar-refractivity contribution in [2.75, 3.05) is 17.3 Å². The minimum atomic E-state index is -3.10. The summed E-state index contributed by atoms with van der Waals surface area (Å²) >= 11 is 1.01. The van der Waals surface area contributed by atoms with Crippen LogP contribution in [0.2, 0.25) is 0 Å². The minimum absolute atomic E-state index is 0.00541. The van der Waals surface area contributed by atoms with E-state index in [0.717, 1.165) is 11.8 Å². The number of sulfone groups is 1. The summed E-state index contributed by atoms with van der Waals surface area (Å²) in [5, 5.41) is 10.4. The summed E-state index contributed by atoms with van der Waals surface area (Å²) in [6, 6.07) is 6.01. The third kappa shape index (κ3) is 4.37. The third-order valence-corrected chi connectivity index (χ3v) is 6.50. The number of benzene rings is 1. The maximum Gasteiger partial charge on any atom is 0.277 e. The summed E-state index contributed by atoms with van der Waals surface area (Å²) in [7, 11) is -3.10. The predicted octanol–water partition coefficient (Wildman–Crippen LogP) is 1.66. The molecule has 0 saturated carbocycles. The van der Waals surface area contributed by atoms with Gasteiger partial charge in [0.1, 0.15) is 5.82 Å². The number of rotatable bonds is 5. The molecule has 1 N–H and O–H groups in total. The SMILES string of the molecule is C[C@]1(NC(=O)CSc2nnc(-c3ccccc3F)o2)CCS(=O)(=O)C1. The second-order valence-corrected chi connectivity index (χ2v) is 9.20. The van der Waals surface area contributed by atoms with Gasteiger partial charge in [0.05, 0.1) is 28.4 Å². The number of halogens is 1. The van der Waals surface area contributed by atoms with Crippen molar-refractivity contribution in [1.29, 1.82) is 0 Å². The van der Waals surface area contributed by atoms with Crippen LogP contribution in [0.5, 0.6) is 0 Å². The highest BCUT2D eigenvalue weighted by atomic mass is 32.2. The molecule has 0 aliphatic carbocycles. The first-order valence-corrected chi connectivity index (χ1v) is 10.3. The summed E-state index contributed by atoms with van der Waals surface area (Å²) in [5.41, 5.74) is -0.557. The molecule has 1 aliphatic heterocycles. The Labute approximate surface area is 148 Å². The molecule has 134 valence electrons. The highest BCUT2D eigenvalue weighted by molar-refractivity contribution is 7.99. The predicted molar refractivity (Wildman–Crippen MR) is 90.2 cm³/mol. The van der Waals surface area contributed by atoms with E-state index in [-0.39, 0.29) is 39.8 Å². The molecule has 1 aromatic carbocycles. The van der Waals surface area contributed by atoms with Gasteiger partial charge in [-0.05, 0) is 25.5 Å². The van der Waals surface area contributed by atoms with Gasteiger partial charge in [-0.3, -0.25) is 4.79 Å². The normalized spacial score (nSPS) is 22.0. The lowest BCUT2D eigenvalue weighted by atomic mass is 10.0. The number of nitrogens with one attached hydrogen (secondary N) is 1. The standard InChI is InChI=1S/C15H16FN3O4S2/c1-15(6-7-25(21,22)9-15)17-12(20)8-24-14-19-18-13(23-14)10-4-2-3-5-11(10)16/h2-5H,6-9H2,1H3,(H,17,20)/t15-/m0/s1. The molecule has 2 heterocycles. The second kappa shape index (κ2) is 6.75. The van der Waals surface area contributed by atoms with Gasteiger partial charge in [0.25, 0.3) is 11.1 Å². The van der Waals surface area contributed by atoms with E-state index in [9.17, 15) is 17.6 Å². The first kappa shape index (κ1) is 17.9. The lowest BCUT2D eigenvalue weighted by Gasteiger charge is -2.23. The molecule has 2 aromatic rings. The van der Waals surface area contributed by atoms with Crippen molar-refractivity contribution in [2.24, 2.45) is 0 Å². The fraction of sp³-hybridized carbons (Fsp3) is 0.400. The molecule has 1 saturated heterocycles. The van der Waals surface area contributed by atoms with Gasteiger partial charge in [0, 0.05) is 0 Å². The number of aromatic nitrogens is 2. The van der Waals surface area contributed by atoms with Gasteiger partial charge >= 0.3 is 0 Å². The Morgan fingerprint density at radius 1 is 1.40 bits per heavy atom. The summed E-state index contributed by atoms with van der Waals surface area (Å²) in [6.07, 6.45) is 0.393. The van der Waals surface area contributed by atoms with Crippen molar-refractivity contribution >= 4 is 27.5 Å². The van der Waals surface area contributed by atoms with Crippen molar-refractivity contribution in [2.45, 2.75) is 24.1 Å². The van der Waals surface area contributed by atoms with E-state index in [1.165, 1.54) is 12.1 Å². The largest absolute Gasteiger partial charge is 0.411 e. The van der Waals surface area contributed by atoms with Crippen LogP contribution in [0, 0.1) is 5.82 Å². The summed E-state index contributed by atoms with van der Waals surface area (Å²) in [5.74, 6) is -0.754. The maximum absolute atomic E-state index is 13.7. The average Bonchev–Trinajstić information content (AvgIpc) is 3.10. The summed E-state index contributed by atoms with van der Waals surface area (Å²) in [4.78, 5) is 12.0. The molecule has 0 unspecified atom stereocenters. The van der Waals surface area contributed by atoms with E-state index < -0.39 is 21.2 Å². The highest BCUT2D eigenvalue weighted by Crippen LogP contribution is 2.26. The topological polar surface area (TPSA) is 102 Å². The molecule has 1 aromatic heterocycles. The molecular weight excluding hydrogens is 369 g/mol. The van der Waals surface area contributed by atoms with Crippen molar-refractivity contribution in [3.05, 3.63) is 30.1 Å². The molecule has 1 aliphatic rings. The number of carbonyl (C=O) groups is 1. The lowest BCUT2D eigenvalue weighted by molar-refractivity contribution is -0.120. The Balaban J connectivity index is 1.58. The van der Waals surface area contributed by atoms with Gasteiger partial charge in [-0.2, -0.15) is 0 Å². The number of amides is 1. The van der Waals surface area contributed by atoms with Gasteiger partial charge in [0.15, 0.2) is 9.84 Å². The molecule has 1 fully saturated rings. The quantitative estimate of drug-likeness (QED) is 0.781. The number of hydrogen-bond acceptors (Lipinski definition) is 7. The molecular formula is C15H16FN3O4S2. The van der Waals surface area contributed by atoms with Crippen LogP contribution in [0.3, 0.4) is 0 Å². The number of hydrogen-bond donors (Lipinski definition) is 1. The van der Waals surface area contributed by atoms with E-state index in [2.05, 4.69) is 15.5 Å². The van der Waals surface area contributed by atoms with E-state index in [1.54, 1.807) is 19.1 Å². The van der Waals surface area contributed by atoms with Gasteiger partial charge < -0.3 is 9.73 Å².